The van der Waals surface area contributed by atoms with Gasteiger partial charge in [-0.3, -0.25) is 4.79 Å². The summed E-state index contributed by atoms with van der Waals surface area (Å²) in [7, 11) is 0. The highest BCUT2D eigenvalue weighted by atomic mass is 16.5. The summed E-state index contributed by atoms with van der Waals surface area (Å²) in [6.07, 6.45) is 0. The smallest absolute Gasteiger partial charge is 0.331 e. The zero-order chi connectivity index (χ0) is 17.8. The number of carbonyl (C=O) groups is 3. The van der Waals surface area contributed by atoms with Crippen LogP contribution >= 0.6 is 0 Å². The Kier molecular flexibility index (Phi) is 4.65. The lowest BCUT2D eigenvalue weighted by Gasteiger charge is -2.29. The van der Waals surface area contributed by atoms with Crippen molar-refractivity contribution in [2.45, 2.75) is 6.04 Å². The molecule has 0 radical (unpaired) electrons. The third-order valence-electron chi connectivity index (χ3n) is 3.77. The summed E-state index contributed by atoms with van der Waals surface area (Å²) >= 11 is 0. The van der Waals surface area contributed by atoms with E-state index in [2.05, 4.69) is 5.32 Å². The van der Waals surface area contributed by atoms with Gasteiger partial charge >= 0.3 is 11.9 Å². The van der Waals surface area contributed by atoms with E-state index in [4.69, 9.17) is 4.74 Å². The minimum absolute atomic E-state index is 0.0759. The number of fused-ring (bicyclic) bond motifs is 1. The number of aliphatic carboxylic acids is 1. The standard InChI is InChI=1S/C18H16N2O5/c21-15(19-17(18(23)24)12-6-2-1-3-7-12)10-20-11-16(22)25-14-9-5-4-8-13(14)20/h1-9,17H,10-11H2,(H,19,21)(H,23,24). The first-order valence-corrected chi connectivity index (χ1v) is 7.66. The summed E-state index contributed by atoms with van der Waals surface area (Å²) in [5.41, 5.74) is 1.09. The maximum Gasteiger partial charge on any atom is 0.331 e. The Hall–Kier alpha value is -3.35. The van der Waals surface area contributed by atoms with Crippen molar-refractivity contribution < 1.29 is 24.2 Å². The molecule has 1 atom stereocenters. The van der Waals surface area contributed by atoms with Crippen LogP contribution in [0.5, 0.6) is 5.75 Å². The number of amides is 1. The molecule has 7 heteroatoms. The van der Waals surface area contributed by atoms with E-state index in [1.165, 1.54) is 0 Å². The van der Waals surface area contributed by atoms with Crippen molar-refractivity contribution in [2.24, 2.45) is 0 Å². The molecule has 2 aromatic carbocycles. The number of nitrogens with one attached hydrogen (secondary N) is 1. The number of esters is 1. The minimum Gasteiger partial charge on any atom is -0.479 e. The highest BCUT2D eigenvalue weighted by Gasteiger charge is 2.27. The molecule has 25 heavy (non-hydrogen) atoms. The van der Waals surface area contributed by atoms with E-state index >= 15 is 0 Å². The number of carboxylic acids is 1. The lowest BCUT2D eigenvalue weighted by atomic mass is 10.1. The van der Waals surface area contributed by atoms with E-state index in [0.29, 0.717) is 17.0 Å². The van der Waals surface area contributed by atoms with Gasteiger partial charge in [0.2, 0.25) is 5.91 Å². The van der Waals surface area contributed by atoms with Crippen LogP contribution in [0.1, 0.15) is 11.6 Å². The van der Waals surface area contributed by atoms with Crippen LogP contribution in [-0.2, 0) is 14.4 Å². The first-order chi connectivity index (χ1) is 12.0. The topological polar surface area (TPSA) is 95.9 Å². The SMILES string of the molecule is O=C(CN1CC(=O)Oc2ccccc21)NC(C(=O)O)c1ccccc1. The van der Waals surface area contributed by atoms with Crippen molar-refractivity contribution in [1.82, 2.24) is 5.32 Å². The Bertz CT molecular complexity index is 806. The van der Waals surface area contributed by atoms with Crippen molar-refractivity contribution in [3.05, 3.63) is 60.2 Å². The molecule has 0 fully saturated rings. The van der Waals surface area contributed by atoms with Crippen LogP contribution < -0.4 is 15.0 Å². The molecule has 2 N–H and O–H groups in total. The molecule has 1 amide bonds. The molecule has 0 bridgehead atoms. The van der Waals surface area contributed by atoms with Crippen LogP contribution in [0.25, 0.3) is 0 Å². The Balaban J connectivity index is 1.74. The number of rotatable bonds is 5. The molecule has 1 heterocycles. The van der Waals surface area contributed by atoms with Crippen molar-refractivity contribution in [2.75, 3.05) is 18.0 Å². The first-order valence-electron chi connectivity index (χ1n) is 7.66. The van der Waals surface area contributed by atoms with E-state index < -0.39 is 23.9 Å². The third-order valence-corrected chi connectivity index (χ3v) is 3.77. The summed E-state index contributed by atoms with van der Waals surface area (Å²) in [4.78, 5) is 37.1. The summed E-state index contributed by atoms with van der Waals surface area (Å²) < 4.78 is 5.13. The van der Waals surface area contributed by atoms with Crippen LogP contribution in [-0.4, -0.2) is 36.0 Å². The van der Waals surface area contributed by atoms with Crippen molar-refractivity contribution in [1.29, 1.82) is 0 Å². The number of carbonyl (C=O) groups excluding carboxylic acids is 2. The predicted octanol–water partition coefficient (Wildman–Crippen LogP) is 1.35. The van der Waals surface area contributed by atoms with E-state index in [1.54, 1.807) is 59.5 Å². The lowest BCUT2D eigenvalue weighted by Crippen LogP contribution is -2.45. The summed E-state index contributed by atoms with van der Waals surface area (Å²) in [6, 6.07) is 14.2. The maximum absolute atomic E-state index is 12.3. The number of ether oxygens (including phenoxy) is 1. The van der Waals surface area contributed by atoms with Gasteiger partial charge in [-0.15, -0.1) is 0 Å². The van der Waals surface area contributed by atoms with E-state index in [1.807, 2.05) is 0 Å². The molecule has 0 aliphatic carbocycles. The second-order valence-corrected chi connectivity index (χ2v) is 5.55. The van der Waals surface area contributed by atoms with Crippen molar-refractivity contribution >= 4 is 23.5 Å². The average Bonchev–Trinajstić information content (AvgIpc) is 2.60. The number of hydrogen-bond donors (Lipinski definition) is 2. The van der Waals surface area contributed by atoms with Crippen LogP contribution in [0.4, 0.5) is 5.69 Å². The second-order valence-electron chi connectivity index (χ2n) is 5.55. The quantitative estimate of drug-likeness (QED) is 0.630. The number of carboxylic acid groups (broad SMARTS) is 1. The molecular weight excluding hydrogens is 324 g/mol. The number of hydrogen-bond acceptors (Lipinski definition) is 5. The minimum atomic E-state index is -1.15. The fourth-order valence-electron chi connectivity index (χ4n) is 2.65. The predicted molar refractivity (Wildman–Crippen MR) is 89.3 cm³/mol. The fraction of sp³-hybridized carbons (Fsp3) is 0.167. The van der Waals surface area contributed by atoms with Gasteiger partial charge < -0.3 is 20.1 Å². The van der Waals surface area contributed by atoms with Crippen molar-refractivity contribution in [3.63, 3.8) is 0 Å². The van der Waals surface area contributed by atoms with Crippen molar-refractivity contribution in [3.8, 4) is 5.75 Å². The molecule has 2 aromatic rings. The lowest BCUT2D eigenvalue weighted by molar-refractivity contribution is -0.142. The summed E-state index contributed by atoms with van der Waals surface area (Å²) in [6.45, 7) is -0.226. The fourth-order valence-corrected chi connectivity index (χ4v) is 2.65. The molecule has 1 aliphatic heterocycles. The van der Waals surface area contributed by atoms with Gasteiger partial charge in [-0.2, -0.15) is 0 Å². The van der Waals surface area contributed by atoms with Gasteiger partial charge in [-0.25, -0.2) is 9.59 Å². The summed E-state index contributed by atoms with van der Waals surface area (Å²) in [5, 5.41) is 11.9. The monoisotopic (exact) mass is 340 g/mol. The van der Waals surface area contributed by atoms with Gasteiger partial charge in [0.1, 0.15) is 6.54 Å². The zero-order valence-electron chi connectivity index (χ0n) is 13.2. The van der Waals surface area contributed by atoms with Gasteiger partial charge in [0, 0.05) is 0 Å². The number of benzene rings is 2. The molecule has 3 rings (SSSR count). The van der Waals surface area contributed by atoms with E-state index in [0.717, 1.165) is 0 Å². The van der Waals surface area contributed by atoms with Gasteiger partial charge in [0.15, 0.2) is 11.8 Å². The molecule has 128 valence electrons. The highest BCUT2D eigenvalue weighted by Crippen LogP contribution is 2.31. The molecule has 0 spiro atoms. The molecule has 7 nitrogen and oxygen atoms in total. The highest BCUT2D eigenvalue weighted by molar-refractivity contribution is 5.91. The Morgan fingerprint density at radius 3 is 2.52 bits per heavy atom. The Morgan fingerprint density at radius 2 is 1.80 bits per heavy atom. The Labute approximate surface area is 143 Å². The van der Waals surface area contributed by atoms with Crippen LogP contribution in [0.2, 0.25) is 0 Å². The maximum atomic E-state index is 12.3. The van der Waals surface area contributed by atoms with E-state index in [-0.39, 0.29) is 13.1 Å². The molecule has 0 aromatic heterocycles. The van der Waals surface area contributed by atoms with Gasteiger partial charge in [0.25, 0.3) is 0 Å². The second kappa shape index (κ2) is 7.04. The van der Waals surface area contributed by atoms with E-state index in [9.17, 15) is 19.5 Å². The average molecular weight is 340 g/mol. The first kappa shape index (κ1) is 16.5. The summed E-state index contributed by atoms with van der Waals surface area (Å²) in [5.74, 6) is -1.74. The normalized spacial score (nSPS) is 14.2. The van der Waals surface area contributed by atoms with Gasteiger partial charge in [-0.05, 0) is 17.7 Å². The molecule has 1 unspecified atom stereocenters. The zero-order valence-corrected chi connectivity index (χ0v) is 13.2. The molecule has 1 aliphatic rings. The van der Waals surface area contributed by atoms with Crippen LogP contribution in [0, 0.1) is 0 Å². The molecular formula is C18H16N2O5. The molecule has 0 saturated heterocycles. The largest absolute Gasteiger partial charge is 0.479 e. The number of nitrogens with zero attached hydrogens (tertiary/aromatic N) is 1. The van der Waals surface area contributed by atoms with Gasteiger partial charge in [0.05, 0.1) is 12.2 Å². The third kappa shape index (κ3) is 3.77. The molecule has 0 saturated carbocycles. The Morgan fingerprint density at radius 1 is 1.12 bits per heavy atom. The van der Waals surface area contributed by atoms with Crippen LogP contribution in [0.3, 0.4) is 0 Å². The van der Waals surface area contributed by atoms with Crippen LogP contribution in [0.15, 0.2) is 54.6 Å². The van der Waals surface area contributed by atoms with Gasteiger partial charge in [-0.1, -0.05) is 42.5 Å². The number of para-hydroxylation sites is 2. The number of anilines is 1.